The summed E-state index contributed by atoms with van der Waals surface area (Å²) in [5, 5.41) is 2.28. The van der Waals surface area contributed by atoms with Crippen LogP contribution in [0.25, 0.3) is 0 Å². The highest BCUT2D eigenvalue weighted by Crippen LogP contribution is 2.18. The van der Waals surface area contributed by atoms with E-state index >= 15 is 0 Å². The monoisotopic (exact) mass is 266 g/mol. The summed E-state index contributed by atoms with van der Waals surface area (Å²) in [4.78, 5) is 11.7. The Kier molecular flexibility index (Phi) is 3.41. The third-order valence-corrected chi connectivity index (χ3v) is 2.38. The molecular weight excluding hydrogens is 257 g/mol. The van der Waals surface area contributed by atoms with Gasteiger partial charge < -0.3 is 11.1 Å². The van der Waals surface area contributed by atoms with Gasteiger partial charge in [-0.05, 0) is 18.2 Å². The van der Waals surface area contributed by atoms with Crippen molar-refractivity contribution in [2.24, 2.45) is 0 Å². The van der Waals surface area contributed by atoms with Crippen LogP contribution in [-0.2, 0) is 0 Å². The lowest BCUT2D eigenvalue weighted by molar-refractivity contribution is 0.101. The van der Waals surface area contributed by atoms with E-state index < -0.39 is 28.9 Å². The van der Waals surface area contributed by atoms with Crippen LogP contribution in [0.5, 0.6) is 0 Å². The van der Waals surface area contributed by atoms with Crippen molar-refractivity contribution in [2.75, 3.05) is 11.1 Å². The standard InChI is InChI=1S/C13H9F3N2O/c14-7-4-10(15)12(11(16)5-7)13(19)18-9-3-1-2-8(17)6-9/h1-6H,17H2,(H,18,19). The van der Waals surface area contributed by atoms with Gasteiger partial charge in [0.15, 0.2) is 0 Å². The largest absolute Gasteiger partial charge is 0.399 e. The molecule has 0 bridgehead atoms. The zero-order chi connectivity index (χ0) is 14.0. The minimum atomic E-state index is -1.26. The molecule has 0 aliphatic rings. The molecule has 3 nitrogen and oxygen atoms in total. The van der Waals surface area contributed by atoms with Crippen LogP contribution in [0, 0.1) is 17.5 Å². The zero-order valence-corrected chi connectivity index (χ0v) is 9.58. The van der Waals surface area contributed by atoms with Crippen LogP contribution in [0.15, 0.2) is 36.4 Å². The first-order chi connectivity index (χ1) is 8.97. The first kappa shape index (κ1) is 12.9. The van der Waals surface area contributed by atoms with Crippen molar-refractivity contribution < 1.29 is 18.0 Å². The van der Waals surface area contributed by atoms with Gasteiger partial charge in [0.2, 0.25) is 0 Å². The Labute approximate surface area is 106 Å². The number of benzene rings is 2. The molecule has 0 aliphatic carbocycles. The molecule has 2 rings (SSSR count). The smallest absolute Gasteiger partial charge is 0.261 e. The lowest BCUT2D eigenvalue weighted by atomic mass is 10.1. The average molecular weight is 266 g/mol. The number of carbonyl (C=O) groups is 1. The molecule has 0 unspecified atom stereocenters. The van der Waals surface area contributed by atoms with Gasteiger partial charge in [-0.3, -0.25) is 4.79 Å². The number of nitrogen functional groups attached to an aromatic ring is 1. The van der Waals surface area contributed by atoms with E-state index in [9.17, 15) is 18.0 Å². The number of hydrogen-bond donors (Lipinski definition) is 2. The van der Waals surface area contributed by atoms with Gasteiger partial charge in [0.05, 0.1) is 0 Å². The molecular formula is C13H9F3N2O. The normalized spacial score (nSPS) is 10.3. The summed E-state index contributed by atoms with van der Waals surface area (Å²) in [5.74, 6) is -4.63. The Balaban J connectivity index is 2.31. The molecule has 0 saturated heterocycles. The molecule has 0 radical (unpaired) electrons. The Morgan fingerprint density at radius 2 is 1.68 bits per heavy atom. The van der Waals surface area contributed by atoms with Crippen LogP contribution in [0.3, 0.4) is 0 Å². The number of amides is 1. The fraction of sp³-hybridized carbons (Fsp3) is 0. The Morgan fingerprint density at radius 1 is 1.05 bits per heavy atom. The highest BCUT2D eigenvalue weighted by Gasteiger charge is 2.19. The van der Waals surface area contributed by atoms with Crippen molar-refractivity contribution in [3.8, 4) is 0 Å². The van der Waals surface area contributed by atoms with Crippen molar-refractivity contribution in [1.29, 1.82) is 0 Å². The molecule has 98 valence electrons. The van der Waals surface area contributed by atoms with Crippen molar-refractivity contribution in [3.05, 3.63) is 59.4 Å². The molecule has 3 N–H and O–H groups in total. The maximum atomic E-state index is 13.4. The van der Waals surface area contributed by atoms with Crippen LogP contribution < -0.4 is 11.1 Å². The Hall–Kier alpha value is -2.50. The molecule has 1 amide bonds. The lowest BCUT2D eigenvalue weighted by Crippen LogP contribution is -2.16. The molecule has 0 saturated carbocycles. The molecule has 0 heterocycles. The van der Waals surface area contributed by atoms with Gasteiger partial charge in [0, 0.05) is 23.5 Å². The van der Waals surface area contributed by atoms with E-state index in [4.69, 9.17) is 5.73 Å². The Morgan fingerprint density at radius 3 is 2.26 bits per heavy atom. The average Bonchev–Trinajstić information content (AvgIpc) is 2.27. The molecule has 0 spiro atoms. The second-order valence-electron chi connectivity index (χ2n) is 3.82. The molecule has 0 aromatic heterocycles. The number of carbonyl (C=O) groups excluding carboxylic acids is 1. The highest BCUT2D eigenvalue weighted by molar-refractivity contribution is 6.04. The molecule has 0 atom stereocenters. The molecule has 2 aromatic rings. The van der Waals surface area contributed by atoms with Crippen LogP contribution in [0.1, 0.15) is 10.4 Å². The fourth-order valence-corrected chi connectivity index (χ4v) is 1.57. The van der Waals surface area contributed by atoms with Crippen molar-refractivity contribution in [3.63, 3.8) is 0 Å². The molecule has 2 aromatic carbocycles. The number of halogens is 3. The Bertz CT molecular complexity index is 621. The zero-order valence-electron chi connectivity index (χ0n) is 9.58. The summed E-state index contributed by atoms with van der Waals surface area (Å²) in [7, 11) is 0. The predicted molar refractivity (Wildman–Crippen MR) is 65.1 cm³/mol. The van der Waals surface area contributed by atoms with E-state index in [1.807, 2.05) is 0 Å². The molecule has 19 heavy (non-hydrogen) atoms. The second kappa shape index (κ2) is 5.01. The number of anilines is 2. The number of rotatable bonds is 2. The van der Waals surface area contributed by atoms with Gasteiger partial charge in [-0.1, -0.05) is 6.07 Å². The molecule has 6 heteroatoms. The number of nitrogens with two attached hydrogens (primary N) is 1. The van der Waals surface area contributed by atoms with E-state index in [2.05, 4.69) is 5.32 Å². The molecule has 0 aliphatic heterocycles. The van der Waals surface area contributed by atoms with Gasteiger partial charge in [-0.25, -0.2) is 13.2 Å². The summed E-state index contributed by atoms with van der Waals surface area (Å²) in [5.41, 5.74) is 5.33. The number of nitrogens with one attached hydrogen (secondary N) is 1. The summed E-state index contributed by atoms with van der Waals surface area (Å²) in [6, 6.07) is 6.98. The van der Waals surface area contributed by atoms with Gasteiger partial charge >= 0.3 is 0 Å². The highest BCUT2D eigenvalue weighted by atomic mass is 19.1. The summed E-state index contributed by atoms with van der Waals surface area (Å²) in [6.07, 6.45) is 0. The fourth-order valence-electron chi connectivity index (χ4n) is 1.57. The second-order valence-corrected chi connectivity index (χ2v) is 3.82. The van der Waals surface area contributed by atoms with Gasteiger partial charge in [0.25, 0.3) is 5.91 Å². The van der Waals surface area contributed by atoms with E-state index in [0.29, 0.717) is 17.8 Å². The van der Waals surface area contributed by atoms with E-state index in [-0.39, 0.29) is 5.69 Å². The third kappa shape index (κ3) is 2.85. The van der Waals surface area contributed by atoms with Gasteiger partial charge in [-0.2, -0.15) is 0 Å². The minimum absolute atomic E-state index is 0.285. The topological polar surface area (TPSA) is 55.1 Å². The van der Waals surface area contributed by atoms with Gasteiger partial charge in [0.1, 0.15) is 23.0 Å². The lowest BCUT2D eigenvalue weighted by Gasteiger charge is -2.07. The van der Waals surface area contributed by atoms with E-state index in [1.54, 1.807) is 12.1 Å². The van der Waals surface area contributed by atoms with Crippen molar-refractivity contribution in [2.45, 2.75) is 0 Å². The van der Waals surface area contributed by atoms with Crippen LogP contribution >= 0.6 is 0 Å². The maximum Gasteiger partial charge on any atom is 0.261 e. The molecule has 0 fully saturated rings. The predicted octanol–water partition coefficient (Wildman–Crippen LogP) is 2.94. The van der Waals surface area contributed by atoms with E-state index in [1.165, 1.54) is 12.1 Å². The first-order valence-corrected chi connectivity index (χ1v) is 5.29. The minimum Gasteiger partial charge on any atom is -0.399 e. The SMILES string of the molecule is Nc1cccc(NC(=O)c2c(F)cc(F)cc2F)c1. The maximum absolute atomic E-state index is 13.4. The van der Waals surface area contributed by atoms with Crippen molar-refractivity contribution in [1.82, 2.24) is 0 Å². The van der Waals surface area contributed by atoms with Crippen LogP contribution in [-0.4, -0.2) is 5.91 Å². The summed E-state index contributed by atoms with van der Waals surface area (Å²) < 4.78 is 39.5. The van der Waals surface area contributed by atoms with Crippen LogP contribution in [0.2, 0.25) is 0 Å². The quantitative estimate of drug-likeness (QED) is 0.821. The third-order valence-electron chi connectivity index (χ3n) is 2.38. The number of hydrogen-bond acceptors (Lipinski definition) is 2. The van der Waals surface area contributed by atoms with Crippen LogP contribution in [0.4, 0.5) is 24.5 Å². The first-order valence-electron chi connectivity index (χ1n) is 5.29. The van der Waals surface area contributed by atoms with Gasteiger partial charge in [-0.15, -0.1) is 0 Å². The summed E-state index contributed by atoms with van der Waals surface area (Å²) >= 11 is 0. The summed E-state index contributed by atoms with van der Waals surface area (Å²) in [6.45, 7) is 0. The van der Waals surface area contributed by atoms with Crippen molar-refractivity contribution >= 4 is 17.3 Å². The van der Waals surface area contributed by atoms with E-state index in [0.717, 1.165) is 0 Å².